The number of hydrogen-bond acceptors (Lipinski definition) is 4. The maximum absolute atomic E-state index is 9.72. The molecule has 178 valence electrons. The SMILES string of the molecule is C=CC[n+]1cccc2cccc(O)c21.C=CC[n+]1cccc2cccc(O)c21.CNC(=O)[O-].[Br-]. The van der Waals surface area contributed by atoms with Crippen molar-refractivity contribution < 1.29 is 46.2 Å². The van der Waals surface area contributed by atoms with Gasteiger partial charge in [-0.2, -0.15) is 9.13 Å². The molecular weight excluding hydrogens is 498 g/mol. The predicted molar refractivity (Wildman–Crippen MR) is 126 cm³/mol. The Labute approximate surface area is 209 Å². The lowest BCUT2D eigenvalue weighted by Gasteiger charge is -1.99. The Morgan fingerprint density at radius 1 is 0.853 bits per heavy atom. The molecule has 2 heterocycles. The van der Waals surface area contributed by atoms with E-state index in [2.05, 4.69) is 13.2 Å². The summed E-state index contributed by atoms with van der Waals surface area (Å²) in [6, 6.07) is 18.9. The number of carbonyl (C=O) groups is 1. The van der Waals surface area contributed by atoms with Crippen LogP contribution in [0.2, 0.25) is 0 Å². The van der Waals surface area contributed by atoms with Gasteiger partial charge in [-0.05, 0) is 48.6 Å². The van der Waals surface area contributed by atoms with Gasteiger partial charge >= 0.3 is 0 Å². The van der Waals surface area contributed by atoms with E-state index in [1.54, 1.807) is 12.1 Å². The van der Waals surface area contributed by atoms with Crippen LogP contribution in [0.4, 0.5) is 4.79 Å². The predicted octanol–water partition coefficient (Wildman–Crippen LogP) is -0.409. The molecular formula is C26H28BrN3O4. The molecule has 34 heavy (non-hydrogen) atoms. The van der Waals surface area contributed by atoms with Crippen LogP contribution in [-0.2, 0) is 13.1 Å². The summed E-state index contributed by atoms with van der Waals surface area (Å²) in [6.07, 6.45) is 6.25. The summed E-state index contributed by atoms with van der Waals surface area (Å²) in [7, 11) is 1.29. The van der Waals surface area contributed by atoms with E-state index in [4.69, 9.17) is 9.90 Å². The number of fused-ring (bicyclic) bond motifs is 2. The van der Waals surface area contributed by atoms with Gasteiger partial charge in [0.15, 0.2) is 37.0 Å². The number of nitrogens with zero attached hydrogens (tertiary/aromatic N) is 2. The highest BCUT2D eigenvalue weighted by molar-refractivity contribution is 5.81. The number of amides is 1. The van der Waals surface area contributed by atoms with Crippen molar-refractivity contribution in [3.8, 4) is 11.5 Å². The lowest BCUT2D eigenvalue weighted by atomic mass is 10.2. The lowest BCUT2D eigenvalue weighted by Crippen LogP contribution is -3.00. The molecule has 4 aromatic rings. The minimum absolute atomic E-state index is 0. The Morgan fingerprint density at radius 2 is 1.21 bits per heavy atom. The first-order valence-electron chi connectivity index (χ1n) is 10.2. The molecule has 0 aliphatic rings. The molecule has 0 aliphatic carbocycles. The Bertz CT molecular complexity index is 1160. The van der Waals surface area contributed by atoms with Crippen molar-refractivity contribution in [1.82, 2.24) is 5.32 Å². The zero-order valence-corrected chi connectivity index (χ0v) is 20.5. The molecule has 0 atom stereocenters. The highest BCUT2D eigenvalue weighted by Crippen LogP contribution is 2.20. The van der Waals surface area contributed by atoms with E-state index in [0.29, 0.717) is 24.6 Å². The van der Waals surface area contributed by atoms with Crippen LogP contribution in [0.25, 0.3) is 21.8 Å². The number of benzene rings is 2. The van der Waals surface area contributed by atoms with Gasteiger partial charge in [0.1, 0.15) is 6.09 Å². The molecule has 0 aliphatic heterocycles. The fourth-order valence-electron chi connectivity index (χ4n) is 3.22. The number of rotatable bonds is 4. The van der Waals surface area contributed by atoms with E-state index in [-0.39, 0.29) is 17.0 Å². The number of phenols is 2. The molecule has 0 radical (unpaired) electrons. The van der Waals surface area contributed by atoms with Crippen molar-refractivity contribution in [2.45, 2.75) is 13.1 Å². The fourth-order valence-corrected chi connectivity index (χ4v) is 3.22. The number of allylic oxidation sites excluding steroid dienone is 2. The molecule has 0 unspecified atom stereocenters. The third kappa shape index (κ3) is 7.60. The molecule has 2 aromatic heterocycles. The van der Waals surface area contributed by atoms with Crippen LogP contribution >= 0.6 is 0 Å². The number of halogens is 1. The molecule has 0 saturated carbocycles. The van der Waals surface area contributed by atoms with Crippen LogP contribution in [0, 0.1) is 0 Å². The summed E-state index contributed by atoms with van der Waals surface area (Å²) >= 11 is 0. The number of phenolic OH excluding ortho intramolecular Hbond substituents is 2. The van der Waals surface area contributed by atoms with Crippen LogP contribution in [0.3, 0.4) is 0 Å². The second-order valence-electron chi connectivity index (χ2n) is 6.87. The van der Waals surface area contributed by atoms with E-state index in [0.717, 1.165) is 21.8 Å². The summed E-state index contributed by atoms with van der Waals surface area (Å²) < 4.78 is 3.94. The summed E-state index contributed by atoms with van der Waals surface area (Å²) in [6.45, 7) is 8.79. The van der Waals surface area contributed by atoms with E-state index in [1.807, 2.05) is 87.5 Å². The van der Waals surface area contributed by atoms with E-state index < -0.39 is 6.09 Å². The number of nitrogens with one attached hydrogen (secondary N) is 1. The molecule has 7 nitrogen and oxygen atoms in total. The van der Waals surface area contributed by atoms with Crippen LogP contribution in [0.15, 0.2) is 98.4 Å². The Hall–Kier alpha value is -3.91. The maximum atomic E-state index is 9.72. The van der Waals surface area contributed by atoms with Crippen molar-refractivity contribution in [2.75, 3.05) is 7.05 Å². The summed E-state index contributed by atoms with van der Waals surface area (Å²) in [5, 5.41) is 32.5. The minimum atomic E-state index is -1.25. The van der Waals surface area contributed by atoms with Crippen LogP contribution in [0.1, 0.15) is 0 Å². The molecule has 4 rings (SSSR count). The van der Waals surface area contributed by atoms with Crippen molar-refractivity contribution in [1.29, 1.82) is 0 Å². The van der Waals surface area contributed by atoms with Gasteiger partial charge in [-0.3, -0.25) is 0 Å². The highest BCUT2D eigenvalue weighted by Gasteiger charge is 2.11. The average Bonchev–Trinajstić information content (AvgIpc) is 2.81. The van der Waals surface area contributed by atoms with E-state index in [1.165, 1.54) is 7.05 Å². The summed E-state index contributed by atoms with van der Waals surface area (Å²) in [4.78, 5) is 9.15. The van der Waals surface area contributed by atoms with Crippen LogP contribution < -0.4 is 36.5 Å². The van der Waals surface area contributed by atoms with E-state index >= 15 is 0 Å². The largest absolute Gasteiger partial charge is 1.00 e. The standard InChI is InChI=1S/2C12H11NO.C2H5NO2.BrH/c2*1-2-8-13-9-4-6-10-5-3-7-11(14)12(10)13;1-3-2(4)5;/h2*2-7,9H,1,8H2;3H,1H3,(H,4,5);1H. The lowest BCUT2D eigenvalue weighted by molar-refractivity contribution is -0.661. The van der Waals surface area contributed by atoms with Crippen LogP contribution in [-0.4, -0.2) is 23.4 Å². The van der Waals surface area contributed by atoms with Gasteiger partial charge < -0.3 is 42.4 Å². The summed E-state index contributed by atoms with van der Waals surface area (Å²) in [5.41, 5.74) is 1.71. The first kappa shape index (κ1) is 28.1. The van der Waals surface area contributed by atoms with Crippen molar-refractivity contribution in [3.05, 3.63) is 98.4 Å². The number of para-hydroxylation sites is 2. The van der Waals surface area contributed by atoms with E-state index in [9.17, 15) is 10.2 Å². The Balaban J connectivity index is 0.000000278. The maximum Gasteiger partial charge on any atom is 0.254 e. The summed E-state index contributed by atoms with van der Waals surface area (Å²) in [5.74, 6) is 0.620. The van der Waals surface area contributed by atoms with Crippen molar-refractivity contribution in [3.63, 3.8) is 0 Å². The number of carbonyl (C=O) groups excluding carboxylic acids is 1. The quantitative estimate of drug-likeness (QED) is 0.249. The highest BCUT2D eigenvalue weighted by atomic mass is 79.9. The Kier molecular flexibility index (Phi) is 11.8. The molecule has 8 heteroatoms. The second-order valence-corrected chi connectivity index (χ2v) is 6.87. The van der Waals surface area contributed by atoms with Gasteiger partial charge in [-0.1, -0.05) is 25.3 Å². The molecule has 1 amide bonds. The first-order valence-corrected chi connectivity index (χ1v) is 10.2. The van der Waals surface area contributed by atoms with Crippen molar-refractivity contribution >= 4 is 27.9 Å². The van der Waals surface area contributed by atoms with Gasteiger partial charge in [-0.25, -0.2) is 0 Å². The zero-order valence-electron chi connectivity index (χ0n) is 18.9. The third-order valence-electron chi connectivity index (χ3n) is 4.61. The molecule has 3 N–H and O–H groups in total. The van der Waals surface area contributed by atoms with Gasteiger partial charge in [-0.15, -0.1) is 0 Å². The van der Waals surface area contributed by atoms with Gasteiger partial charge in [0.25, 0.3) is 11.0 Å². The monoisotopic (exact) mass is 525 g/mol. The number of carboxylic acid groups (broad SMARTS) is 1. The van der Waals surface area contributed by atoms with Gasteiger partial charge in [0, 0.05) is 19.2 Å². The molecule has 0 saturated heterocycles. The molecule has 2 aromatic carbocycles. The second kappa shape index (κ2) is 14.3. The zero-order chi connectivity index (χ0) is 24.2. The van der Waals surface area contributed by atoms with Gasteiger partial charge in [0.05, 0.1) is 10.8 Å². The number of aromatic hydroxyl groups is 2. The molecule has 0 spiro atoms. The first-order chi connectivity index (χ1) is 15.9. The number of aromatic nitrogens is 2. The van der Waals surface area contributed by atoms with Gasteiger partial charge in [0.2, 0.25) is 0 Å². The normalized spacial score (nSPS) is 9.44. The topological polar surface area (TPSA) is 100 Å². The third-order valence-corrected chi connectivity index (χ3v) is 4.61. The Morgan fingerprint density at radius 3 is 1.53 bits per heavy atom. The number of pyridine rings is 2. The fraction of sp³-hybridized carbons (Fsp3) is 0.115. The molecule has 0 fully saturated rings. The smallest absolute Gasteiger partial charge is 0.254 e. The van der Waals surface area contributed by atoms with Crippen molar-refractivity contribution in [2.24, 2.45) is 0 Å². The minimum Gasteiger partial charge on any atom is -1.00 e. The number of hydrogen-bond donors (Lipinski definition) is 3. The van der Waals surface area contributed by atoms with Crippen LogP contribution in [0.5, 0.6) is 11.5 Å². The molecule has 0 bridgehead atoms. The average molecular weight is 526 g/mol.